The number of nitrogens with one attached hydrogen (secondary N) is 1. The van der Waals surface area contributed by atoms with Crippen LogP contribution in [0, 0.1) is 11.7 Å². The number of benzene rings is 1. The summed E-state index contributed by atoms with van der Waals surface area (Å²) in [5.74, 6) is -0.537. The predicted molar refractivity (Wildman–Crippen MR) is 70.3 cm³/mol. The monoisotopic (exact) mass is 264 g/mol. The standard InChI is InChI=1S/C14H17FN2O2/c15-12-4-1-5-13(7-12)16-14(19)9-17-6-2-3-11(8-17)10-18/h1,4-5,7,10-11H,2-3,6,8-9H2,(H,16,19). The molecule has 1 heterocycles. The summed E-state index contributed by atoms with van der Waals surface area (Å²) in [6.45, 7) is 1.68. The Bertz CT molecular complexity index is 465. The lowest BCUT2D eigenvalue weighted by atomic mass is 10.00. The van der Waals surface area contributed by atoms with Crippen molar-refractivity contribution >= 4 is 17.9 Å². The van der Waals surface area contributed by atoms with Crippen molar-refractivity contribution in [2.75, 3.05) is 25.0 Å². The number of rotatable bonds is 4. The van der Waals surface area contributed by atoms with Crippen LogP contribution in [0.25, 0.3) is 0 Å². The van der Waals surface area contributed by atoms with Gasteiger partial charge in [0.15, 0.2) is 0 Å². The number of likely N-dealkylation sites (tertiary alicyclic amines) is 1. The average molecular weight is 264 g/mol. The van der Waals surface area contributed by atoms with Crippen LogP contribution in [-0.2, 0) is 9.59 Å². The quantitative estimate of drug-likeness (QED) is 0.842. The van der Waals surface area contributed by atoms with E-state index >= 15 is 0 Å². The van der Waals surface area contributed by atoms with E-state index in [4.69, 9.17) is 0 Å². The predicted octanol–water partition coefficient (Wildman–Crippen LogP) is 1.68. The third kappa shape index (κ3) is 4.13. The van der Waals surface area contributed by atoms with Crippen molar-refractivity contribution in [3.63, 3.8) is 0 Å². The molecule has 1 fully saturated rings. The Morgan fingerprint density at radius 1 is 1.53 bits per heavy atom. The summed E-state index contributed by atoms with van der Waals surface area (Å²) in [4.78, 5) is 24.5. The normalized spacial score (nSPS) is 19.9. The molecule has 19 heavy (non-hydrogen) atoms. The van der Waals surface area contributed by atoms with Gasteiger partial charge in [-0.3, -0.25) is 9.69 Å². The first-order chi connectivity index (χ1) is 9.17. The van der Waals surface area contributed by atoms with Gasteiger partial charge < -0.3 is 10.1 Å². The van der Waals surface area contributed by atoms with Crippen LogP contribution in [-0.4, -0.2) is 36.7 Å². The molecule has 1 atom stereocenters. The number of anilines is 1. The van der Waals surface area contributed by atoms with Crippen LogP contribution in [0.5, 0.6) is 0 Å². The van der Waals surface area contributed by atoms with Gasteiger partial charge in [-0.25, -0.2) is 4.39 Å². The van der Waals surface area contributed by atoms with Crippen LogP contribution in [0.2, 0.25) is 0 Å². The van der Waals surface area contributed by atoms with Crippen molar-refractivity contribution in [1.82, 2.24) is 4.90 Å². The second-order valence-corrected chi connectivity index (χ2v) is 4.83. The number of piperidine rings is 1. The number of hydrogen-bond donors (Lipinski definition) is 1. The summed E-state index contributed by atoms with van der Waals surface area (Å²) in [6.07, 6.45) is 2.78. The van der Waals surface area contributed by atoms with E-state index in [2.05, 4.69) is 5.32 Å². The Balaban J connectivity index is 1.85. The molecule has 1 aromatic rings. The maximum atomic E-state index is 13.0. The molecule has 2 rings (SSSR count). The first kappa shape index (κ1) is 13.7. The lowest BCUT2D eigenvalue weighted by molar-refractivity contribution is -0.119. The summed E-state index contributed by atoms with van der Waals surface area (Å²) in [5.41, 5.74) is 0.453. The van der Waals surface area contributed by atoms with Crippen LogP contribution in [0.1, 0.15) is 12.8 Å². The van der Waals surface area contributed by atoms with Gasteiger partial charge in [-0.05, 0) is 37.6 Å². The number of amides is 1. The Hall–Kier alpha value is -1.75. The first-order valence-corrected chi connectivity index (χ1v) is 6.40. The van der Waals surface area contributed by atoms with Crippen LogP contribution in [0.15, 0.2) is 24.3 Å². The highest BCUT2D eigenvalue weighted by molar-refractivity contribution is 5.92. The molecule has 0 spiro atoms. The molecule has 1 aliphatic heterocycles. The van der Waals surface area contributed by atoms with Crippen molar-refractivity contribution in [3.05, 3.63) is 30.1 Å². The minimum absolute atomic E-state index is 0.0238. The van der Waals surface area contributed by atoms with Gasteiger partial charge in [0.05, 0.1) is 6.54 Å². The van der Waals surface area contributed by atoms with Crippen molar-refractivity contribution in [2.24, 2.45) is 5.92 Å². The zero-order valence-corrected chi connectivity index (χ0v) is 10.6. The Kier molecular flexibility index (Phi) is 4.63. The molecular formula is C14H17FN2O2. The summed E-state index contributed by atoms with van der Waals surface area (Å²) >= 11 is 0. The summed E-state index contributed by atoms with van der Waals surface area (Å²) in [5, 5.41) is 2.65. The summed E-state index contributed by atoms with van der Waals surface area (Å²) in [6, 6.07) is 5.80. The van der Waals surface area contributed by atoms with Crippen LogP contribution >= 0.6 is 0 Å². The van der Waals surface area contributed by atoms with Gasteiger partial charge in [0.2, 0.25) is 5.91 Å². The molecule has 4 nitrogen and oxygen atoms in total. The zero-order valence-electron chi connectivity index (χ0n) is 10.6. The molecule has 0 aliphatic carbocycles. The maximum absolute atomic E-state index is 13.0. The Morgan fingerprint density at radius 2 is 2.37 bits per heavy atom. The number of nitrogens with zero attached hydrogens (tertiary/aromatic N) is 1. The van der Waals surface area contributed by atoms with E-state index in [-0.39, 0.29) is 24.2 Å². The highest BCUT2D eigenvalue weighted by Crippen LogP contribution is 2.14. The lowest BCUT2D eigenvalue weighted by Crippen LogP contribution is -2.40. The molecule has 1 amide bonds. The molecule has 5 heteroatoms. The van der Waals surface area contributed by atoms with Crippen molar-refractivity contribution < 1.29 is 14.0 Å². The van der Waals surface area contributed by atoms with Crippen LogP contribution in [0.3, 0.4) is 0 Å². The molecule has 0 bridgehead atoms. The highest BCUT2D eigenvalue weighted by Gasteiger charge is 2.20. The van der Waals surface area contributed by atoms with Crippen molar-refractivity contribution in [3.8, 4) is 0 Å². The topological polar surface area (TPSA) is 49.4 Å². The fraction of sp³-hybridized carbons (Fsp3) is 0.429. The van der Waals surface area contributed by atoms with Gasteiger partial charge in [0, 0.05) is 18.2 Å². The third-order valence-electron chi connectivity index (χ3n) is 3.21. The van der Waals surface area contributed by atoms with E-state index in [0.29, 0.717) is 12.2 Å². The fourth-order valence-corrected chi connectivity index (χ4v) is 2.32. The fourth-order valence-electron chi connectivity index (χ4n) is 2.32. The lowest BCUT2D eigenvalue weighted by Gasteiger charge is -2.29. The van der Waals surface area contributed by atoms with E-state index in [0.717, 1.165) is 25.7 Å². The molecule has 1 saturated heterocycles. The number of hydrogen-bond acceptors (Lipinski definition) is 3. The second kappa shape index (κ2) is 6.43. The average Bonchev–Trinajstić information content (AvgIpc) is 2.38. The zero-order chi connectivity index (χ0) is 13.7. The van der Waals surface area contributed by atoms with E-state index in [1.54, 1.807) is 12.1 Å². The molecule has 0 aromatic heterocycles. The molecule has 1 unspecified atom stereocenters. The molecule has 1 N–H and O–H groups in total. The molecular weight excluding hydrogens is 247 g/mol. The minimum atomic E-state index is -0.378. The maximum Gasteiger partial charge on any atom is 0.238 e. The van der Waals surface area contributed by atoms with E-state index in [1.807, 2.05) is 4.90 Å². The number of carbonyl (C=O) groups is 2. The number of carbonyl (C=O) groups excluding carboxylic acids is 2. The van der Waals surface area contributed by atoms with Gasteiger partial charge >= 0.3 is 0 Å². The van der Waals surface area contributed by atoms with Crippen molar-refractivity contribution in [1.29, 1.82) is 0 Å². The largest absolute Gasteiger partial charge is 0.325 e. The van der Waals surface area contributed by atoms with Gasteiger partial charge in [-0.1, -0.05) is 6.07 Å². The van der Waals surface area contributed by atoms with Gasteiger partial charge in [-0.15, -0.1) is 0 Å². The first-order valence-electron chi connectivity index (χ1n) is 6.40. The molecule has 102 valence electrons. The van der Waals surface area contributed by atoms with Gasteiger partial charge in [-0.2, -0.15) is 0 Å². The smallest absolute Gasteiger partial charge is 0.238 e. The van der Waals surface area contributed by atoms with Crippen LogP contribution < -0.4 is 5.32 Å². The number of halogens is 1. The van der Waals surface area contributed by atoms with Gasteiger partial charge in [0.1, 0.15) is 12.1 Å². The SMILES string of the molecule is O=CC1CCCN(CC(=O)Nc2cccc(F)c2)C1. The number of aldehydes is 1. The third-order valence-corrected chi connectivity index (χ3v) is 3.21. The van der Waals surface area contributed by atoms with Gasteiger partial charge in [0.25, 0.3) is 0 Å². The highest BCUT2D eigenvalue weighted by atomic mass is 19.1. The Morgan fingerprint density at radius 3 is 3.11 bits per heavy atom. The molecule has 0 radical (unpaired) electrons. The van der Waals surface area contributed by atoms with E-state index in [1.165, 1.54) is 12.1 Å². The molecule has 1 aromatic carbocycles. The summed E-state index contributed by atoms with van der Waals surface area (Å²) in [7, 11) is 0. The molecule has 0 saturated carbocycles. The minimum Gasteiger partial charge on any atom is -0.325 e. The summed E-state index contributed by atoms with van der Waals surface area (Å²) < 4.78 is 13.0. The van der Waals surface area contributed by atoms with E-state index in [9.17, 15) is 14.0 Å². The van der Waals surface area contributed by atoms with Crippen LogP contribution in [0.4, 0.5) is 10.1 Å². The second-order valence-electron chi connectivity index (χ2n) is 4.83. The Labute approximate surface area is 111 Å². The van der Waals surface area contributed by atoms with Crippen molar-refractivity contribution in [2.45, 2.75) is 12.8 Å². The molecule has 1 aliphatic rings. The van der Waals surface area contributed by atoms with E-state index < -0.39 is 0 Å².